The Balaban J connectivity index is 1.57. The fourth-order valence-corrected chi connectivity index (χ4v) is 5.32. The second-order valence-electron chi connectivity index (χ2n) is 6.59. The van der Waals surface area contributed by atoms with E-state index in [-0.39, 0.29) is 11.2 Å². The number of sulfone groups is 1. The number of nitrogens with zero attached hydrogens (tertiary/aromatic N) is 2. The molecule has 1 aliphatic heterocycles. The zero-order chi connectivity index (χ0) is 15.8. The van der Waals surface area contributed by atoms with Crippen LogP contribution in [0.15, 0.2) is 35.2 Å². The van der Waals surface area contributed by atoms with E-state index in [0.29, 0.717) is 0 Å². The van der Waals surface area contributed by atoms with Crippen LogP contribution in [0.4, 0.5) is 0 Å². The Labute approximate surface area is 135 Å². The van der Waals surface area contributed by atoms with Gasteiger partial charge in [-0.25, -0.2) is 8.42 Å². The van der Waals surface area contributed by atoms with E-state index in [1.807, 2.05) is 24.6 Å². The zero-order valence-corrected chi connectivity index (χ0v) is 14.5. The lowest BCUT2D eigenvalue weighted by Gasteiger charge is -2.47. The fraction of sp³-hybridized carbons (Fsp3) is 0.438. The van der Waals surface area contributed by atoms with Gasteiger partial charge in [-0.1, -0.05) is 13.0 Å². The van der Waals surface area contributed by atoms with Crippen molar-refractivity contribution in [2.24, 2.45) is 5.41 Å². The molecule has 3 rings (SSSR count). The SMILES string of the molecule is CC1(CS(C)(=O)=O)CN(Cc2ccc(-c3ccsc3)nc2)C1. The first-order valence-electron chi connectivity index (χ1n) is 7.21. The first kappa shape index (κ1) is 15.6. The normalized spacial score (nSPS) is 18.1. The largest absolute Gasteiger partial charge is 0.298 e. The van der Waals surface area contributed by atoms with E-state index in [0.717, 1.165) is 30.9 Å². The minimum Gasteiger partial charge on any atom is -0.298 e. The standard InChI is InChI=1S/C16H20N2O2S2/c1-16(12-22(2,19)20)10-18(11-16)8-13-3-4-15(17-7-13)14-5-6-21-9-14/h3-7,9H,8,10-12H2,1-2H3. The molecule has 0 aliphatic carbocycles. The number of thiophene rings is 1. The molecule has 0 N–H and O–H groups in total. The molecule has 3 heterocycles. The van der Waals surface area contributed by atoms with E-state index in [2.05, 4.69) is 27.4 Å². The van der Waals surface area contributed by atoms with Gasteiger partial charge < -0.3 is 0 Å². The van der Waals surface area contributed by atoms with Crippen molar-refractivity contribution >= 4 is 21.2 Å². The van der Waals surface area contributed by atoms with Crippen molar-refractivity contribution in [2.75, 3.05) is 25.1 Å². The van der Waals surface area contributed by atoms with Gasteiger partial charge in [0.25, 0.3) is 0 Å². The predicted molar refractivity (Wildman–Crippen MR) is 90.6 cm³/mol. The third-order valence-electron chi connectivity index (χ3n) is 3.87. The van der Waals surface area contributed by atoms with Gasteiger partial charge in [0.2, 0.25) is 0 Å². The molecule has 0 saturated carbocycles. The highest BCUT2D eigenvalue weighted by Gasteiger charge is 2.40. The summed E-state index contributed by atoms with van der Waals surface area (Å²) in [7, 11) is -2.91. The summed E-state index contributed by atoms with van der Waals surface area (Å²) in [6, 6.07) is 6.22. The minimum absolute atomic E-state index is 0.0996. The van der Waals surface area contributed by atoms with Gasteiger partial charge in [-0.05, 0) is 23.1 Å². The van der Waals surface area contributed by atoms with Crippen LogP contribution in [0.25, 0.3) is 11.3 Å². The first-order valence-corrected chi connectivity index (χ1v) is 10.2. The van der Waals surface area contributed by atoms with Gasteiger partial charge in [0.1, 0.15) is 9.84 Å². The molecule has 1 saturated heterocycles. The third kappa shape index (κ3) is 3.74. The first-order chi connectivity index (χ1) is 10.3. The maximum absolute atomic E-state index is 11.4. The van der Waals surface area contributed by atoms with E-state index in [9.17, 15) is 8.42 Å². The van der Waals surface area contributed by atoms with Gasteiger partial charge in [-0.3, -0.25) is 9.88 Å². The molecule has 2 aromatic heterocycles. The van der Waals surface area contributed by atoms with Crippen molar-refractivity contribution in [2.45, 2.75) is 13.5 Å². The molecule has 0 radical (unpaired) electrons. The van der Waals surface area contributed by atoms with Crippen LogP contribution in [0.3, 0.4) is 0 Å². The van der Waals surface area contributed by atoms with Crippen LogP contribution in [-0.2, 0) is 16.4 Å². The average Bonchev–Trinajstić information content (AvgIpc) is 2.89. The summed E-state index contributed by atoms with van der Waals surface area (Å²) in [6.07, 6.45) is 3.23. The van der Waals surface area contributed by atoms with E-state index in [4.69, 9.17) is 0 Å². The van der Waals surface area contributed by atoms with Crippen LogP contribution in [-0.4, -0.2) is 43.4 Å². The number of likely N-dealkylation sites (tertiary alicyclic amines) is 1. The molecule has 1 fully saturated rings. The number of hydrogen-bond acceptors (Lipinski definition) is 5. The van der Waals surface area contributed by atoms with Gasteiger partial charge in [0.15, 0.2) is 0 Å². The van der Waals surface area contributed by atoms with E-state index in [1.54, 1.807) is 11.3 Å². The maximum Gasteiger partial charge on any atom is 0.148 e. The van der Waals surface area contributed by atoms with Crippen LogP contribution in [0.1, 0.15) is 12.5 Å². The molecule has 0 spiro atoms. The summed E-state index contributed by atoms with van der Waals surface area (Å²) in [5.41, 5.74) is 3.22. The van der Waals surface area contributed by atoms with Crippen LogP contribution >= 0.6 is 11.3 Å². The predicted octanol–water partition coefficient (Wildman–Crippen LogP) is 2.68. The highest BCUT2D eigenvalue weighted by Crippen LogP contribution is 2.32. The Morgan fingerprint density at radius 3 is 2.64 bits per heavy atom. The number of pyridine rings is 1. The summed E-state index contributed by atoms with van der Waals surface area (Å²) < 4.78 is 22.9. The monoisotopic (exact) mass is 336 g/mol. The van der Waals surface area contributed by atoms with Crippen molar-refractivity contribution in [1.82, 2.24) is 9.88 Å². The number of hydrogen-bond donors (Lipinski definition) is 0. The molecular formula is C16H20N2O2S2. The molecule has 0 amide bonds. The van der Waals surface area contributed by atoms with Gasteiger partial charge in [-0.15, -0.1) is 0 Å². The third-order valence-corrected chi connectivity index (χ3v) is 5.77. The highest BCUT2D eigenvalue weighted by molar-refractivity contribution is 7.90. The molecule has 118 valence electrons. The topological polar surface area (TPSA) is 50.3 Å². The van der Waals surface area contributed by atoms with E-state index < -0.39 is 9.84 Å². The van der Waals surface area contributed by atoms with E-state index in [1.165, 1.54) is 11.8 Å². The highest BCUT2D eigenvalue weighted by atomic mass is 32.2. The Kier molecular flexibility index (Phi) is 4.09. The Bertz CT molecular complexity index is 731. The molecule has 0 aromatic carbocycles. The van der Waals surface area contributed by atoms with Crippen molar-refractivity contribution in [3.63, 3.8) is 0 Å². The molecule has 0 bridgehead atoms. The lowest BCUT2D eigenvalue weighted by molar-refractivity contribution is 0.0268. The summed E-state index contributed by atoms with van der Waals surface area (Å²) in [5, 5.41) is 4.14. The van der Waals surface area contributed by atoms with Crippen molar-refractivity contribution < 1.29 is 8.42 Å². The van der Waals surface area contributed by atoms with Gasteiger partial charge in [-0.2, -0.15) is 11.3 Å². The van der Waals surface area contributed by atoms with E-state index >= 15 is 0 Å². The fourth-order valence-electron chi connectivity index (χ4n) is 3.23. The minimum atomic E-state index is -2.91. The summed E-state index contributed by atoms with van der Waals surface area (Å²) in [4.78, 5) is 6.78. The molecular weight excluding hydrogens is 316 g/mol. The van der Waals surface area contributed by atoms with Crippen molar-refractivity contribution in [3.8, 4) is 11.3 Å². The lowest BCUT2D eigenvalue weighted by Crippen LogP contribution is -2.56. The second-order valence-corrected chi connectivity index (χ2v) is 9.51. The second kappa shape index (κ2) is 5.76. The Hall–Kier alpha value is -1.24. The number of aromatic nitrogens is 1. The van der Waals surface area contributed by atoms with Crippen molar-refractivity contribution in [3.05, 3.63) is 40.7 Å². The summed E-state index contributed by atoms with van der Waals surface area (Å²) >= 11 is 1.67. The van der Waals surface area contributed by atoms with Crippen LogP contribution in [0, 0.1) is 5.41 Å². The lowest BCUT2D eigenvalue weighted by atomic mass is 9.84. The zero-order valence-electron chi connectivity index (χ0n) is 12.8. The summed E-state index contributed by atoms with van der Waals surface area (Å²) in [5.74, 6) is 0.270. The van der Waals surface area contributed by atoms with Gasteiger partial charge in [0, 0.05) is 48.4 Å². The molecule has 4 nitrogen and oxygen atoms in total. The molecule has 6 heteroatoms. The molecule has 22 heavy (non-hydrogen) atoms. The quantitative estimate of drug-likeness (QED) is 0.842. The van der Waals surface area contributed by atoms with Crippen molar-refractivity contribution in [1.29, 1.82) is 0 Å². The van der Waals surface area contributed by atoms with Gasteiger partial charge >= 0.3 is 0 Å². The maximum atomic E-state index is 11.4. The Morgan fingerprint density at radius 2 is 2.09 bits per heavy atom. The molecule has 0 atom stereocenters. The van der Waals surface area contributed by atoms with Crippen LogP contribution in [0.5, 0.6) is 0 Å². The molecule has 2 aromatic rings. The summed E-state index contributed by atoms with van der Waals surface area (Å²) in [6.45, 7) is 4.53. The number of rotatable bonds is 5. The average molecular weight is 336 g/mol. The molecule has 1 aliphatic rings. The van der Waals surface area contributed by atoms with Gasteiger partial charge in [0.05, 0.1) is 11.4 Å². The smallest absolute Gasteiger partial charge is 0.148 e. The molecule has 0 unspecified atom stereocenters. The van der Waals surface area contributed by atoms with Crippen LogP contribution in [0.2, 0.25) is 0 Å². The van der Waals surface area contributed by atoms with Crippen LogP contribution < -0.4 is 0 Å². The Morgan fingerprint density at radius 1 is 1.32 bits per heavy atom.